The molecule has 0 bridgehead atoms. The van der Waals surface area contributed by atoms with Crippen molar-refractivity contribution in [1.29, 1.82) is 0 Å². The van der Waals surface area contributed by atoms with Crippen molar-refractivity contribution in [3.05, 3.63) is 0 Å². The van der Waals surface area contributed by atoms with Crippen molar-refractivity contribution < 1.29 is 33.4 Å². The fraction of sp³-hybridized carbons (Fsp3) is 0.815. The minimum Gasteiger partial charge on any atom is -0.379 e. The minimum atomic E-state index is -0.363. The first-order chi connectivity index (χ1) is 18.3. The van der Waals surface area contributed by atoms with Crippen molar-refractivity contribution in [2.75, 3.05) is 73.7 Å². The number of rotatable bonds is 17. The molecular formula is C27H57N5O7. The third kappa shape index (κ3) is 40.2. The quantitative estimate of drug-likeness (QED) is 0.148. The van der Waals surface area contributed by atoms with E-state index in [9.17, 15) is 24.0 Å². The van der Waals surface area contributed by atoms with Crippen LogP contribution in [0.5, 0.6) is 0 Å². The van der Waals surface area contributed by atoms with Crippen molar-refractivity contribution in [2.45, 2.75) is 67.3 Å². The van der Waals surface area contributed by atoms with Crippen LogP contribution in [-0.4, -0.2) is 115 Å². The molecule has 0 rings (SSSR count). The summed E-state index contributed by atoms with van der Waals surface area (Å²) in [5.41, 5.74) is -0.363. The molecule has 0 unspecified atom stereocenters. The molecule has 12 nitrogen and oxygen atoms in total. The molecule has 0 aromatic rings. The molecule has 4 N–H and O–H groups in total. The molecule has 0 aromatic carbocycles. The van der Waals surface area contributed by atoms with Gasteiger partial charge >= 0.3 is 0 Å². The number of nitrogens with zero attached hydrogens (tertiary/aromatic N) is 1. The third-order valence-corrected chi connectivity index (χ3v) is 4.03. The van der Waals surface area contributed by atoms with Crippen molar-refractivity contribution in [2.24, 2.45) is 5.41 Å². The summed E-state index contributed by atoms with van der Waals surface area (Å²) in [6.07, 6.45) is 2.76. The predicted molar refractivity (Wildman–Crippen MR) is 156 cm³/mol. The van der Waals surface area contributed by atoms with Gasteiger partial charge in [-0.25, -0.2) is 0 Å². The van der Waals surface area contributed by atoms with Crippen LogP contribution in [-0.2, 0) is 33.4 Å². The molecule has 0 aromatic heterocycles. The highest BCUT2D eigenvalue weighted by atomic mass is 16.5. The lowest BCUT2D eigenvalue weighted by molar-refractivity contribution is -0.129. The second kappa shape index (κ2) is 31.8. The zero-order valence-electron chi connectivity index (χ0n) is 26.1. The van der Waals surface area contributed by atoms with E-state index in [2.05, 4.69) is 21.3 Å². The van der Waals surface area contributed by atoms with Crippen LogP contribution in [0.15, 0.2) is 0 Å². The molecule has 232 valence electrons. The summed E-state index contributed by atoms with van der Waals surface area (Å²) >= 11 is 0. The highest BCUT2D eigenvalue weighted by molar-refractivity contribution is 5.81. The van der Waals surface area contributed by atoms with Gasteiger partial charge in [-0.1, -0.05) is 34.6 Å². The van der Waals surface area contributed by atoms with E-state index in [0.717, 1.165) is 19.1 Å². The second-order valence-corrected chi connectivity index (χ2v) is 9.31. The van der Waals surface area contributed by atoms with E-state index in [1.165, 1.54) is 0 Å². The van der Waals surface area contributed by atoms with Gasteiger partial charge in [-0.05, 0) is 27.9 Å². The van der Waals surface area contributed by atoms with Gasteiger partial charge in [0.15, 0.2) is 0 Å². The number of hydrogen-bond donors (Lipinski definition) is 4. The lowest BCUT2D eigenvalue weighted by Gasteiger charge is -2.17. The smallest absolute Gasteiger partial charge is 0.234 e. The Labute approximate surface area is 236 Å². The van der Waals surface area contributed by atoms with E-state index in [1.807, 2.05) is 55.5 Å². The van der Waals surface area contributed by atoms with Crippen molar-refractivity contribution in [1.82, 2.24) is 26.2 Å². The second-order valence-electron chi connectivity index (χ2n) is 9.31. The molecule has 0 heterocycles. The molecule has 39 heavy (non-hydrogen) atoms. The number of likely N-dealkylation sites (N-methyl/N-ethyl adjacent to an activating group) is 2. The topological polar surface area (TPSA) is 155 Å². The minimum absolute atomic E-state index is 0.0170. The molecule has 0 fully saturated rings. The van der Waals surface area contributed by atoms with Crippen molar-refractivity contribution in [3.8, 4) is 0 Å². The average Bonchev–Trinajstić information content (AvgIpc) is 2.87. The van der Waals surface area contributed by atoms with Gasteiger partial charge in [-0.3, -0.25) is 19.3 Å². The Hall–Kier alpha value is -2.41. The van der Waals surface area contributed by atoms with Crippen LogP contribution in [0.2, 0.25) is 0 Å². The average molecular weight is 564 g/mol. The van der Waals surface area contributed by atoms with Gasteiger partial charge in [0.1, 0.15) is 12.6 Å². The maximum absolute atomic E-state index is 11.4. The summed E-state index contributed by atoms with van der Waals surface area (Å²) in [5, 5.41) is 10.9. The van der Waals surface area contributed by atoms with Crippen LogP contribution in [0.1, 0.15) is 61.3 Å². The Balaban J connectivity index is -0.000000250. The van der Waals surface area contributed by atoms with Crippen LogP contribution in [0.25, 0.3) is 0 Å². The first-order valence-electron chi connectivity index (χ1n) is 13.5. The highest BCUT2D eigenvalue weighted by Crippen LogP contribution is 2.11. The SMILES string of the molecule is CC.CC(C)(C)C(=O)NCCOCCOCCC=O.CNC(=O)CN(C)CC(=O)NC(C)C.CNCCC=O. The van der Waals surface area contributed by atoms with Gasteiger partial charge in [0.05, 0.1) is 39.5 Å². The van der Waals surface area contributed by atoms with Gasteiger partial charge < -0.3 is 40.3 Å². The first-order valence-corrected chi connectivity index (χ1v) is 13.5. The van der Waals surface area contributed by atoms with Crippen LogP contribution in [0.3, 0.4) is 0 Å². The molecule has 0 saturated carbocycles. The molecule has 0 radical (unpaired) electrons. The number of aldehydes is 2. The summed E-state index contributed by atoms with van der Waals surface area (Å²) < 4.78 is 10.4. The fourth-order valence-corrected chi connectivity index (χ4v) is 2.15. The van der Waals surface area contributed by atoms with Gasteiger partial charge in [-0.2, -0.15) is 0 Å². The number of carbonyl (C=O) groups excluding carboxylic acids is 5. The monoisotopic (exact) mass is 563 g/mol. The van der Waals surface area contributed by atoms with E-state index in [1.54, 1.807) is 19.0 Å². The first kappa shape index (κ1) is 43.6. The maximum Gasteiger partial charge on any atom is 0.234 e. The van der Waals surface area contributed by atoms with Crippen LogP contribution >= 0.6 is 0 Å². The number of ether oxygens (including phenoxy) is 2. The van der Waals surface area contributed by atoms with Gasteiger partial charge in [-0.15, -0.1) is 0 Å². The molecule has 0 aliphatic rings. The van der Waals surface area contributed by atoms with Crippen molar-refractivity contribution in [3.63, 3.8) is 0 Å². The number of carbonyl (C=O) groups is 5. The Morgan fingerprint density at radius 3 is 1.74 bits per heavy atom. The molecule has 0 aliphatic heterocycles. The Morgan fingerprint density at radius 1 is 0.821 bits per heavy atom. The molecule has 0 spiro atoms. The van der Waals surface area contributed by atoms with Crippen LogP contribution in [0.4, 0.5) is 0 Å². The van der Waals surface area contributed by atoms with E-state index in [0.29, 0.717) is 45.8 Å². The summed E-state index contributed by atoms with van der Waals surface area (Å²) in [7, 11) is 5.13. The Kier molecular flexibility index (Phi) is 35.6. The van der Waals surface area contributed by atoms with Gasteiger partial charge in [0.2, 0.25) is 17.7 Å². The number of nitrogens with one attached hydrogen (secondary N) is 4. The summed E-state index contributed by atoms with van der Waals surface area (Å²) in [6.45, 7) is 17.0. The van der Waals surface area contributed by atoms with Gasteiger partial charge in [0.25, 0.3) is 0 Å². The molecule has 3 amide bonds. The standard InChI is InChI=1S/C12H23NO4.C9H19N3O2.C4H9NO.C2H6/c1-12(2,3)11(15)13-5-8-17-10-9-16-7-4-6-14;1-7(2)11-9(14)6-12(4)5-8(13)10-3;1-5-3-2-4-6;1-2/h6H,4-5,7-10H2,1-3H3,(H,13,15);7H,5-6H2,1-4H3,(H,10,13)(H,11,14);4-5H,2-3H2,1H3;1-2H3. The van der Waals surface area contributed by atoms with Gasteiger partial charge in [0, 0.05) is 44.4 Å². The van der Waals surface area contributed by atoms with Crippen LogP contribution < -0.4 is 21.3 Å². The number of amides is 3. The van der Waals surface area contributed by atoms with E-state index < -0.39 is 0 Å². The lowest BCUT2D eigenvalue weighted by Crippen LogP contribution is -2.41. The highest BCUT2D eigenvalue weighted by Gasteiger charge is 2.20. The van der Waals surface area contributed by atoms with E-state index in [4.69, 9.17) is 9.47 Å². The maximum atomic E-state index is 11.4. The lowest BCUT2D eigenvalue weighted by atomic mass is 9.96. The Bertz CT molecular complexity index is 612. The zero-order valence-corrected chi connectivity index (χ0v) is 26.1. The van der Waals surface area contributed by atoms with Crippen LogP contribution in [0, 0.1) is 5.41 Å². The normalized spacial score (nSPS) is 10.1. The summed E-state index contributed by atoms with van der Waals surface area (Å²) in [6, 6.07) is 0.135. The molecule has 0 saturated heterocycles. The molecular weight excluding hydrogens is 506 g/mol. The molecule has 0 atom stereocenters. The summed E-state index contributed by atoms with van der Waals surface area (Å²) in [5.74, 6) is -0.139. The summed E-state index contributed by atoms with van der Waals surface area (Å²) in [4.78, 5) is 54.8. The Morgan fingerprint density at radius 2 is 1.33 bits per heavy atom. The fourth-order valence-electron chi connectivity index (χ4n) is 2.15. The number of hydrogen-bond acceptors (Lipinski definition) is 9. The van der Waals surface area contributed by atoms with E-state index in [-0.39, 0.29) is 42.3 Å². The third-order valence-electron chi connectivity index (χ3n) is 4.03. The van der Waals surface area contributed by atoms with Crippen molar-refractivity contribution >= 4 is 30.3 Å². The zero-order chi connectivity index (χ0) is 31.1. The largest absolute Gasteiger partial charge is 0.379 e. The van der Waals surface area contributed by atoms with E-state index >= 15 is 0 Å². The predicted octanol–water partition coefficient (Wildman–Crippen LogP) is 0.781. The molecule has 0 aliphatic carbocycles. The molecule has 12 heteroatoms.